The standard InChI is InChI=1S/C17H25ClN4O4S2/c1-20(2)9-6-10-22(14(23)11-21(3)28(5,24)25)17-19-15-13(26-4)8-7-12(18)16(15)27-17/h7-8H,6,9-11H2,1-5H3. The minimum Gasteiger partial charge on any atom is -0.494 e. The van der Waals surface area contributed by atoms with E-state index >= 15 is 0 Å². The van der Waals surface area contributed by atoms with Gasteiger partial charge in [0, 0.05) is 13.6 Å². The average Bonchev–Trinajstić information content (AvgIpc) is 3.03. The van der Waals surface area contributed by atoms with Crippen molar-refractivity contribution >= 4 is 54.2 Å². The molecule has 1 aromatic carbocycles. The van der Waals surface area contributed by atoms with Gasteiger partial charge in [-0.3, -0.25) is 9.69 Å². The molecule has 0 atom stereocenters. The van der Waals surface area contributed by atoms with Gasteiger partial charge in [0.25, 0.3) is 0 Å². The van der Waals surface area contributed by atoms with Gasteiger partial charge in [0.15, 0.2) is 5.13 Å². The number of hydrogen-bond acceptors (Lipinski definition) is 7. The van der Waals surface area contributed by atoms with Gasteiger partial charge in [-0.1, -0.05) is 22.9 Å². The summed E-state index contributed by atoms with van der Waals surface area (Å²) in [6.45, 7) is 0.927. The van der Waals surface area contributed by atoms with E-state index in [9.17, 15) is 13.2 Å². The van der Waals surface area contributed by atoms with E-state index in [2.05, 4.69) is 4.98 Å². The highest BCUT2D eigenvalue weighted by atomic mass is 35.5. The molecule has 0 bridgehead atoms. The fraction of sp³-hybridized carbons (Fsp3) is 0.529. The van der Waals surface area contributed by atoms with E-state index in [1.165, 1.54) is 23.3 Å². The number of halogens is 1. The number of benzene rings is 1. The number of carbonyl (C=O) groups is 1. The van der Waals surface area contributed by atoms with E-state index in [1.807, 2.05) is 19.0 Å². The first-order valence-corrected chi connectivity index (χ1v) is 11.6. The highest BCUT2D eigenvalue weighted by Crippen LogP contribution is 2.38. The van der Waals surface area contributed by atoms with Crippen LogP contribution in [0.5, 0.6) is 5.75 Å². The molecule has 1 heterocycles. The van der Waals surface area contributed by atoms with Crippen LogP contribution in [0.1, 0.15) is 6.42 Å². The highest BCUT2D eigenvalue weighted by Gasteiger charge is 2.25. The molecule has 1 aromatic heterocycles. The first-order valence-electron chi connectivity index (χ1n) is 8.54. The van der Waals surface area contributed by atoms with E-state index in [0.717, 1.165) is 21.8 Å². The summed E-state index contributed by atoms with van der Waals surface area (Å²) in [7, 11) is 3.35. The molecule has 0 saturated carbocycles. The fourth-order valence-electron chi connectivity index (χ4n) is 2.49. The van der Waals surface area contributed by atoms with Crippen molar-refractivity contribution in [3.05, 3.63) is 17.2 Å². The number of rotatable bonds is 9. The van der Waals surface area contributed by atoms with Crippen molar-refractivity contribution in [3.8, 4) is 5.75 Å². The van der Waals surface area contributed by atoms with Crippen LogP contribution in [0.3, 0.4) is 0 Å². The highest BCUT2D eigenvalue weighted by molar-refractivity contribution is 7.88. The number of fused-ring (bicyclic) bond motifs is 1. The van der Waals surface area contributed by atoms with Crippen LogP contribution in [0.15, 0.2) is 12.1 Å². The second-order valence-electron chi connectivity index (χ2n) is 6.65. The molecule has 0 fully saturated rings. The van der Waals surface area contributed by atoms with Crippen LogP contribution in [0.2, 0.25) is 5.02 Å². The summed E-state index contributed by atoms with van der Waals surface area (Å²) >= 11 is 7.57. The normalized spacial score (nSPS) is 12.1. The zero-order valence-corrected chi connectivity index (χ0v) is 19.0. The van der Waals surface area contributed by atoms with Crippen molar-refractivity contribution in [2.75, 3.05) is 59.0 Å². The summed E-state index contributed by atoms with van der Waals surface area (Å²) in [5.74, 6) is 0.219. The van der Waals surface area contributed by atoms with E-state index in [1.54, 1.807) is 19.2 Å². The van der Waals surface area contributed by atoms with E-state index in [4.69, 9.17) is 16.3 Å². The molecule has 0 aliphatic rings. The summed E-state index contributed by atoms with van der Waals surface area (Å²) in [6.07, 6.45) is 1.78. The Morgan fingerprint density at radius 3 is 2.50 bits per heavy atom. The van der Waals surface area contributed by atoms with Gasteiger partial charge in [-0.15, -0.1) is 0 Å². The Balaban J connectivity index is 2.39. The van der Waals surface area contributed by atoms with Gasteiger partial charge in [0.2, 0.25) is 15.9 Å². The second-order valence-corrected chi connectivity index (χ2v) is 10.1. The lowest BCUT2D eigenvalue weighted by molar-refractivity contribution is -0.118. The van der Waals surface area contributed by atoms with Crippen LogP contribution in [-0.2, 0) is 14.8 Å². The Hall–Kier alpha value is -1.46. The maximum Gasteiger partial charge on any atom is 0.244 e. The van der Waals surface area contributed by atoms with Crippen LogP contribution >= 0.6 is 22.9 Å². The van der Waals surface area contributed by atoms with E-state index < -0.39 is 10.0 Å². The average molecular weight is 449 g/mol. The smallest absolute Gasteiger partial charge is 0.244 e. The lowest BCUT2D eigenvalue weighted by Crippen LogP contribution is -2.41. The Labute approximate surface area is 174 Å². The van der Waals surface area contributed by atoms with Crippen LogP contribution in [0, 0.1) is 0 Å². The predicted octanol–water partition coefficient (Wildman–Crippen LogP) is 2.13. The van der Waals surface area contributed by atoms with Crippen molar-refractivity contribution in [1.29, 1.82) is 0 Å². The molecule has 0 N–H and O–H groups in total. The maximum atomic E-state index is 12.9. The Kier molecular flexibility index (Phi) is 7.63. The molecule has 11 heteroatoms. The van der Waals surface area contributed by atoms with Gasteiger partial charge in [-0.05, 0) is 39.2 Å². The molecular formula is C17H25ClN4O4S2. The van der Waals surface area contributed by atoms with Crippen molar-refractivity contribution in [1.82, 2.24) is 14.2 Å². The first-order chi connectivity index (χ1) is 13.0. The number of aromatic nitrogens is 1. The summed E-state index contributed by atoms with van der Waals surface area (Å²) in [6, 6.07) is 3.45. The largest absolute Gasteiger partial charge is 0.494 e. The third-order valence-corrected chi connectivity index (χ3v) is 6.91. The van der Waals surface area contributed by atoms with Gasteiger partial charge in [-0.2, -0.15) is 4.31 Å². The van der Waals surface area contributed by atoms with Crippen molar-refractivity contribution in [3.63, 3.8) is 0 Å². The first kappa shape index (κ1) is 22.8. The van der Waals surface area contributed by atoms with Crippen LogP contribution in [-0.4, -0.2) is 82.7 Å². The quantitative estimate of drug-likeness (QED) is 0.584. The SMILES string of the molecule is COc1ccc(Cl)c2sc(N(CCCN(C)C)C(=O)CN(C)S(C)(=O)=O)nc12. The number of anilines is 1. The number of carbonyl (C=O) groups excluding carboxylic acids is 1. The van der Waals surface area contributed by atoms with Crippen LogP contribution in [0.4, 0.5) is 5.13 Å². The van der Waals surface area contributed by atoms with Crippen molar-refractivity contribution in [2.24, 2.45) is 0 Å². The Morgan fingerprint density at radius 1 is 1.25 bits per heavy atom. The zero-order valence-electron chi connectivity index (χ0n) is 16.6. The third-order valence-electron chi connectivity index (χ3n) is 4.11. The molecule has 2 aromatic rings. The van der Waals surface area contributed by atoms with Gasteiger partial charge in [-0.25, -0.2) is 13.4 Å². The topological polar surface area (TPSA) is 83.0 Å². The molecule has 28 heavy (non-hydrogen) atoms. The summed E-state index contributed by atoms with van der Waals surface area (Å²) < 4.78 is 30.5. The van der Waals surface area contributed by atoms with Crippen molar-refractivity contribution in [2.45, 2.75) is 6.42 Å². The van der Waals surface area contributed by atoms with Crippen molar-refractivity contribution < 1.29 is 17.9 Å². The summed E-state index contributed by atoms with van der Waals surface area (Å²) in [5, 5.41) is 0.987. The molecular weight excluding hydrogens is 424 g/mol. The Bertz CT molecular complexity index is 946. The molecule has 0 aliphatic carbocycles. The number of amides is 1. The molecule has 156 valence electrons. The predicted molar refractivity (Wildman–Crippen MR) is 114 cm³/mol. The lowest BCUT2D eigenvalue weighted by Gasteiger charge is -2.23. The van der Waals surface area contributed by atoms with Crippen LogP contribution < -0.4 is 9.64 Å². The van der Waals surface area contributed by atoms with E-state index in [-0.39, 0.29) is 12.5 Å². The molecule has 0 saturated heterocycles. The molecule has 1 amide bonds. The fourth-order valence-corrected chi connectivity index (χ4v) is 4.13. The van der Waals surface area contributed by atoms with Gasteiger partial charge in [0.05, 0.1) is 29.6 Å². The molecule has 2 rings (SSSR count). The molecule has 0 aliphatic heterocycles. The van der Waals surface area contributed by atoms with Gasteiger partial charge in [0.1, 0.15) is 11.3 Å². The number of nitrogens with zero attached hydrogens (tertiary/aromatic N) is 4. The van der Waals surface area contributed by atoms with Gasteiger partial charge < -0.3 is 9.64 Å². The minimum absolute atomic E-state index is 0.262. The van der Waals surface area contributed by atoms with Crippen LogP contribution in [0.25, 0.3) is 10.2 Å². The van der Waals surface area contributed by atoms with Gasteiger partial charge >= 0.3 is 0 Å². The third kappa shape index (κ3) is 5.54. The summed E-state index contributed by atoms with van der Waals surface area (Å²) in [5.41, 5.74) is 0.580. The number of hydrogen-bond donors (Lipinski definition) is 0. The molecule has 0 unspecified atom stereocenters. The lowest BCUT2D eigenvalue weighted by atomic mass is 10.3. The monoisotopic (exact) mass is 448 g/mol. The maximum absolute atomic E-state index is 12.9. The zero-order chi connectivity index (χ0) is 21.1. The number of sulfonamides is 1. The molecule has 0 radical (unpaired) electrons. The van der Waals surface area contributed by atoms with E-state index in [0.29, 0.717) is 34.4 Å². The second kappa shape index (κ2) is 9.36. The number of methoxy groups -OCH3 is 1. The summed E-state index contributed by atoms with van der Waals surface area (Å²) in [4.78, 5) is 21.0. The number of likely N-dealkylation sites (N-methyl/N-ethyl adjacent to an activating group) is 1. The number of thiazole rings is 1. The molecule has 8 nitrogen and oxygen atoms in total. The minimum atomic E-state index is -3.47. The molecule has 0 spiro atoms. The Morgan fingerprint density at radius 2 is 1.93 bits per heavy atom. The number of ether oxygens (including phenoxy) is 1.